The highest BCUT2D eigenvalue weighted by atomic mass is 32.1. The molecule has 0 bridgehead atoms. The fourth-order valence-corrected chi connectivity index (χ4v) is 2.25. The molecule has 0 spiro atoms. The molecule has 6 heteroatoms. The van der Waals surface area contributed by atoms with Gasteiger partial charge in [-0.05, 0) is 48.7 Å². The van der Waals surface area contributed by atoms with Gasteiger partial charge in [-0.1, -0.05) is 0 Å². The lowest BCUT2D eigenvalue weighted by Gasteiger charge is -2.09. The van der Waals surface area contributed by atoms with E-state index in [1.807, 2.05) is 48.7 Å². The zero-order valence-corrected chi connectivity index (χ0v) is 12.6. The second-order valence-electron chi connectivity index (χ2n) is 4.11. The SMILES string of the molecule is CCOc1ccc(OCCNC(=O)Nc2cccs2)cc1. The molecule has 0 fully saturated rings. The summed E-state index contributed by atoms with van der Waals surface area (Å²) in [5, 5.41) is 8.20. The Bertz CT molecular complexity index is 541. The molecule has 0 atom stereocenters. The number of carbonyl (C=O) groups excluding carboxylic acids is 1. The number of thiophene rings is 1. The van der Waals surface area contributed by atoms with Crippen LogP contribution < -0.4 is 20.1 Å². The molecule has 2 rings (SSSR count). The van der Waals surface area contributed by atoms with E-state index in [1.165, 1.54) is 11.3 Å². The maximum Gasteiger partial charge on any atom is 0.319 e. The van der Waals surface area contributed by atoms with Crippen molar-refractivity contribution in [1.29, 1.82) is 0 Å². The minimum atomic E-state index is -0.229. The van der Waals surface area contributed by atoms with Crippen LogP contribution in [0.1, 0.15) is 6.92 Å². The molecule has 2 N–H and O–H groups in total. The first-order valence-corrected chi connectivity index (χ1v) is 7.60. The number of urea groups is 1. The van der Waals surface area contributed by atoms with Gasteiger partial charge in [-0.3, -0.25) is 5.32 Å². The predicted octanol–water partition coefficient (Wildman–Crippen LogP) is 3.35. The van der Waals surface area contributed by atoms with Crippen molar-refractivity contribution >= 4 is 22.4 Å². The lowest BCUT2D eigenvalue weighted by atomic mass is 10.3. The van der Waals surface area contributed by atoms with Gasteiger partial charge in [0, 0.05) is 0 Å². The maximum atomic E-state index is 11.6. The smallest absolute Gasteiger partial charge is 0.319 e. The van der Waals surface area contributed by atoms with Crippen molar-refractivity contribution in [2.24, 2.45) is 0 Å². The van der Waals surface area contributed by atoms with Crippen LogP contribution in [0.3, 0.4) is 0 Å². The van der Waals surface area contributed by atoms with Gasteiger partial charge in [0.2, 0.25) is 0 Å². The van der Waals surface area contributed by atoms with Crippen LogP contribution in [-0.4, -0.2) is 25.8 Å². The van der Waals surface area contributed by atoms with Crippen molar-refractivity contribution in [3.8, 4) is 11.5 Å². The number of rotatable bonds is 7. The van der Waals surface area contributed by atoms with Crippen LogP contribution in [0.4, 0.5) is 9.80 Å². The summed E-state index contributed by atoms with van der Waals surface area (Å²) in [5.74, 6) is 1.57. The molecule has 0 aliphatic rings. The van der Waals surface area contributed by atoms with Crippen molar-refractivity contribution in [2.75, 3.05) is 25.1 Å². The van der Waals surface area contributed by atoms with Gasteiger partial charge in [0.25, 0.3) is 0 Å². The number of nitrogens with one attached hydrogen (secondary N) is 2. The number of anilines is 1. The molecule has 0 saturated carbocycles. The summed E-state index contributed by atoms with van der Waals surface area (Å²) in [7, 11) is 0. The second kappa shape index (κ2) is 8.16. The number of amides is 2. The number of hydrogen-bond donors (Lipinski definition) is 2. The lowest BCUT2D eigenvalue weighted by molar-refractivity contribution is 0.247. The molecular weight excluding hydrogens is 288 g/mol. The van der Waals surface area contributed by atoms with Gasteiger partial charge in [0.05, 0.1) is 18.2 Å². The maximum absolute atomic E-state index is 11.6. The van der Waals surface area contributed by atoms with Gasteiger partial charge in [0.15, 0.2) is 0 Å². The molecular formula is C15H18N2O3S. The first kappa shape index (κ1) is 15.2. The minimum absolute atomic E-state index is 0.229. The summed E-state index contributed by atoms with van der Waals surface area (Å²) in [4.78, 5) is 11.6. The van der Waals surface area contributed by atoms with E-state index in [1.54, 1.807) is 0 Å². The average Bonchev–Trinajstić information content (AvgIpc) is 2.98. The number of benzene rings is 1. The third kappa shape index (κ3) is 5.35. The highest BCUT2D eigenvalue weighted by Crippen LogP contribution is 2.17. The van der Waals surface area contributed by atoms with Crippen LogP contribution in [0.5, 0.6) is 11.5 Å². The van der Waals surface area contributed by atoms with E-state index in [2.05, 4.69) is 10.6 Å². The van der Waals surface area contributed by atoms with Gasteiger partial charge in [-0.25, -0.2) is 4.79 Å². The molecule has 5 nitrogen and oxygen atoms in total. The first-order valence-electron chi connectivity index (χ1n) is 6.72. The van der Waals surface area contributed by atoms with Crippen molar-refractivity contribution in [2.45, 2.75) is 6.92 Å². The van der Waals surface area contributed by atoms with Gasteiger partial charge in [-0.2, -0.15) is 0 Å². The number of hydrogen-bond acceptors (Lipinski definition) is 4. The lowest BCUT2D eigenvalue weighted by Crippen LogP contribution is -2.31. The zero-order valence-electron chi connectivity index (χ0n) is 11.8. The third-order valence-electron chi connectivity index (χ3n) is 2.55. The Labute approximate surface area is 127 Å². The Morgan fingerprint density at radius 1 is 1.14 bits per heavy atom. The van der Waals surface area contributed by atoms with Gasteiger partial charge in [0.1, 0.15) is 18.1 Å². The van der Waals surface area contributed by atoms with E-state index in [0.29, 0.717) is 19.8 Å². The monoisotopic (exact) mass is 306 g/mol. The quantitative estimate of drug-likeness (QED) is 0.771. The van der Waals surface area contributed by atoms with Gasteiger partial charge >= 0.3 is 6.03 Å². The molecule has 0 aliphatic carbocycles. The zero-order chi connectivity index (χ0) is 14.9. The minimum Gasteiger partial charge on any atom is -0.494 e. The molecule has 0 unspecified atom stereocenters. The van der Waals surface area contributed by atoms with Gasteiger partial charge < -0.3 is 14.8 Å². The number of carbonyl (C=O) groups is 1. The first-order chi connectivity index (χ1) is 10.3. The fourth-order valence-electron chi connectivity index (χ4n) is 1.64. The Morgan fingerprint density at radius 2 is 1.86 bits per heavy atom. The van der Waals surface area contributed by atoms with Crippen molar-refractivity contribution in [3.63, 3.8) is 0 Å². The molecule has 112 valence electrons. The molecule has 0 radical (unpaired) electrons. The molecule has 1 aromatic heterocycles. The molecule has 0 aliphatic heterocycles. The molecule has 0 saturated heterocycles. The summed E-state index contributed by atoms with van der Waals surface area (Å²) in [6.07, 6.45) is 0. The van der Waals surface area contributed by atoms with E-state index in [9.17, 15) is 4.79 Å². The van der Waals surface area contributed by atoms with E-state index >= 15 is 0 Å². The van der Waals surface area contributed by atoms with Gasteiger partial charge in [-0.15, -0.1) is 11.3 Å². The largest absolute Gasteiger partial charge is 0.494 e. The predicted molar refractivity (Wildman–Crippen MR) is 84.4 cm³/mol. The molecule has 1 heterocycles. The Hall–Kier alpha value is -2.21. The highest BCUT2D eigenvalue weighted by Gasteiger charge is 2.01. The van der Waals surface area contributed by atoms with E-state index in [0.717, 1.165) is 16.5 Å². The average molecular weight is 306 g/mol. The third-order valence-corrected chi connectivity index (χ3v) is 3.33. The molecule has 21 heavy (non-hydrogen) atoms. The van der Waals surface area contributed by atoms with Crippen LogP contribution in [0.25, 0.3) is 0 Å². The van der Waals surface area contributed by atoms with E-state index in [-0.39, 0.29) is 6.03 Å². The van der Waals surface area contributed by atoms with Crippen molar-refractivity contribution < 1.29 is 14.3 Å². The fraction of sp³-hybridized carbons (Fsp3) is 0.267. The summed E-state index contributed by atoms with van der Waals surface area (Å²) < 4.78 is 10.9. The Kier molecular flexibility index (Phi) is 5.90. The highest BCUT2D eigenvalue weighted by molar-refractivity contribution is 7.14. The van der Waals surface area contributed by atoms with Crippen LogP contribution >= 0.6 is 11.3 Å². The Balaban J connectivity index is 1.63. The standard InChI is InChI=1S/C15H18N2O3S/c1-2-19-12-5-7-13(8-6-12)20-10-9-16-15(18)17-14-4-3-11-21-14/h3-8,11H,2,9-10H2,1H3,(H2,16,17,18). The summed E-state index contributed by atoms with van der Waals surface area (Å²) in [6, 6.07) is 10.9. The van der Waals surface area contributed by atoms with Crippen LogP contribution in [0.2, 0.25) is 0 Å². The second-order valence-corrected chi connectivity index (χ2v) is 5.06. The molecule has 2 aromatic rings. The summed E-state index contributed by atoms with van der Waals surface area (Å²) in [6.45, 7) is 3.43. The van der Waals surface area contributed by atoms with E-state index < -0.39 is 0 Å². The van der Waals surface area contributed by atoms with Crippen LogP contribution in [0, 0.1) is 0 Å². The molecule has 1 aromatic carbocycles. The van der Waals surface area contributed by atoms with Crippen LogP contribution in [-0.2, 0) is 0 Å². The summed E-state index contributed by atoms with van der Waals surface area (Å²) >= 11 is 1.48. The van der Waals surface area contributed by atoms with E-state index in [4.69, 9.17) is 9.47 Å². The van der Waals surface area contributed by atoms with Crippen molar-refractivity contribution in [1.82, 2.24) is 5.32 Å². The van der Waals surface area contributed by atoms with Crippen LogP contribution in [0.15, 0.2) is 41.8 Å². The molecule has 2 amide bonds. The Morgan fingerprint density at radius 3 is 2.48 bits per heavy atom. The van der Waals surface area contributed by atoms with Crippen molar-refractivity contribution in [3.05, 3.63) is 41.8 Å². The summed E-state index contributed by atoms with van der Waals surface area (Å²) in [5.41, 5.74) is 0. The normalized spacial score (nSPS) is 9.95. The number of ether oxygens (including phenoxy) is 2. The topological polar surface area (TPSA) is 59.6 Å².